The highest BCUT2D eigenvalue weighted by Crippen LogP contribution is 2.26. The van der Waals surface area contributed by atoms with Crippen LogP contribution in [0.5, 0.6) is 0 Å². The summed E-state index contributed by atoms with van der Waals surface area (Å²) in [6, 6.07) is -0.515. The van der Waals surface area contributed by atoms with E-state index in [1.165, 1.54) is 0 Å². The van der Waals surface area contributed by atoms with Crippen molar-refractivity contribution in [2.75, 3.05) is 0 Å². The van der Waals surface area contributed by atoms with Gasteiger partial charge in [0.1, 0.15) is 11.6 Å². The molecular weight excluding hydrogens is 166 g/mol. The van der Waals surface area contributed by atoms with Gasteiger partial charge in [-0.05, 0) is 6.42 Å². The van der Waals surface area contributed by atoms with Crippen molar-refractivity contribution in [1.29, 1.82) is 0 Å². The third kappa shape index (κ3) is 2.25. The molecule has 1 aliphatic rings. The quantitative estimate of drug-likeness (QED) is 0.676. The number of hydrogen-bond acceptors (Lipinski definition) is 3. The van der Waals surface area contributed by atoms with Crippen LogP contribution in [-0.4, -0.2) is 16.7 Å². The Bertz CT molecular complexity index is 235. The second kappa shape index (κ2) is 4.33. The Morgan fingerprint density at radius 2 is 2.38 bits per heavy atom. The lowest BCUT2D eigenvalue weighted by Gasteiger charge is -2.29. The Morgan fingerprint density at radius 3 is 2.85 bits per heavy atom. The molecule has 0 saturated heterocycles. The lowest BCUT2D eigenvalue weighted by atomic mass is 9.86. The van der Waals surface area contributed by atoms with E-state index in [-0.39, 0.29) is 0 Å². The smallest absolute Gasteiger partial charge is 0.124 e. The van der Waals surface area contributed by atoms with Gasteiger partial charge in [-0.2, -0.15) is 4.91 Å². The second-order valence-corrected chi connectivity index (χ2v) is 3.39. The van der Waals surface area contributed by atoms with Gasteiger partial charge in [-0.15, -0.1) is 0 Å². The molecule has 0 spiro atoms. The van der Waals surface area contributed by atoms with Crippen molar-refractivity contribution in [1.82, 2.24) is 0 Å². The van der Waals surface area contributed by atoms with Crippen LogP contribution in [0.1, 0.15) is 26.2 Å². The molecule has 0 heterocycles. The van der Waals surface area contributed by atoms with Gasteiger partial charge >= 0.3 is 0 Å². The van der Waals surface area contributed by atoms with Crippen LogP contribution >= 0.6 is 0 Å². The van der Waals surface area contributed by atoms with Crippen molar-refractivity contribution in [3.63, 3.8) is 0 Å². The molecule has 0 aromatic heterocycles. The molecular formula is C10H15NO2. The monoisotopic (exact) mass is 181 g/mol. The highest BCUT2D eigenvalue weighted by atomic mass is 16.3. The predicted octanol–water partition coefficient (Wildman–Crippen LogP) is 2.17. The van der Waals surface area contributed by atoms with Gasteiger partial charge in [-0.3, -0.25) is 0 Å². The van der Waals surface area contributed by atoms with Crippen LogP contribution in [0.15, 0.2) is 29.5 Å². The van der Waals surface area contributed by atoms with Gasteiger partial charge in [-0.1, -0.05) is 42.8 Å². The Morgan fingerprint density at radius 1 is 1.62 bits per heavy atom. The fourth-order valence-electron chi connectivity index (χ4n) is 1.54. The van der Waals surface area contributed by atoms with Gasteiger partial charge < -0.3 is 5.11 Å². The number of rotatable bonds is 4. The standard InChI is InChI=1S/C10H15NO2/c1-2-6-9(11-13)10(12)7-4-3-5-8-10/h3-5,7,9,12H,2,6,8H2,1H3/t9-,10+/m1/s1. The van der Waals surface area contributed by atoms with E-state index in [0.29, 0.717) is 12.8 Å². The minimum Gasteiger partial charge on any atom is -0.383 e. The van der Waals surface area contributed by atoms with Crippen molar-refractivity contribution in [3.05, 3.63) is 29.2 Å². The van der Waals surface area contributed by atoms with Crippen LogP contribution in [0, 0.1) is 4.91 Å². The zero-order chi connectivity index (χ0) is 9.73. The summed E-state index contributed by atoms with van der Waals surface area (Å²) in [5.74, 6) is 0. The molecule has 0 aromatic carbocycles. The van der Waals surface area contributed by atoms with Crippen LogP contribution < -0.4 is 0 Å². The highest BCUT2D eigenvalue weighted by molar-refractivity contribution is 5.20. The van der Waals surface area contributed by atoms with Crippen LogP contribution in [0.4, 0.5) is 0 Å². The van der Waals surface area contributed by atoms with Gasteiger partial charge in [0.05, 0.1) is 0 Å². The van der Waals surface area contributed by atoms with E-state index >= 15 is 0 Å². The predicted molar refractivity (Wildman–Crippen MR) is 52.3 cm³/mol. The van der Waals surface area contributed by atoms with E-state index in [4.69, 9.17) is 0 Å². The number of hydrogen-bond donors (Lipinski definition) is 1. The third-order valence-corrected chi connectivity index (χ3v) is 2.34. The summed E-state index contributed by atoms with van der Waals surface area (Å²) < 4.78 is 0. The highest BCUT2D eigenvalue weighted by Gasteiger charge is 2.34. The molecule has 0 fully saturated rings. The van der Waals surface area contributed by atoms with E-state index in [2.05, 4.69) is 5.18 Å². The lowest BCUT2D eigenvalue weighted by molar-refractivity contribution is 0.0614. The van der Waals surface area contributed by atoms with E-state index in [1.807, 2.05) is 19.1 Å². The summed E-state index contributed by atoms with van der Waals surface area (Å²) in [4.78, 5) is 10.5. The van der Waals surface area contributed by atoms with E-state index < -0.39 is 11.6 Å². The molecule has 0 amide bonds. The maximum atomic E-state index is 10.5. The molecule has 0 unspecified atom stereocenters. The Balaban J connectivity index is 2.71. The number of nitrogens with zero attached hydrogens (tertiary/aromatic N) is 1. The average Bonchev–Trinajstić information content (AvgIpc) is 2.15. The average molecular weight is 181 g/mol. The summed E-state index contributed by atoms with van der Waals surface area (Å²) in [5, 5.41) is 13.0. The molecule has 0 saturated carbocycles. The molecule has 13 heavy (non-hydrogen) atoms. The Hall–Kier alpha value is -0.960. The Labute approximate surface area is 78.1 Å². The molecule has 1 rings (SSSR count). The molecule has 0 radical (unpaired) electrons. The fraction of sp³-hybridized carbons (Fsp3) is 0.600. The first-order valence-corrected chi connectivity index (χ1v) is 4.62. The van der Waals surface area contributed by atoms with Gasteiger partial charge in [0.2, 0.25) is 0 Å². The first-order chi connectivity index (χ1) is 6.23. The van der Waals surface area contributed by atoms with E-state index in [9.17, 15) is 10.0 Å². The van der Waals surface area contributed by atoms with Crippen LogP contribution in [0.3, 0.4) is 0 Å². The van der Waals surface area contributed by atoms with Gasteiger partial charge in [0.25, 0.3) is 0 Å². The first-order valence-electron chi connectivity index (χ1n) is 4.62. The molecule has 1 aliphatic carbocycles. The van der Waals surface area contributed by atoms with E-state index in [0.717, 1.165) is 6.42 Å². The normalized spacial score (nSPS) is 28.8. The van der Waals surface area contributed by atoms with Crippen molar-refractivity contribution in [2.45, 2.75) is 37.8 Å². The minimum absolute atomic E-state index is 0.486. The second-order valence-electron chi connectivity index (χ2n) is 3.39. The van der Waals surface area contributed by atoms with Crippen LogP contribution in [0.2, 0.25) is 0 Å². The summed E-state index contributed by atoms with van der Waals surface area (Å²) in [6.07, 6.45) is 9.12. The molecule has 0 aliphatic heterocycles. The minimum atomic E-state index is -1.05. The number of nitroso groups, excluding NO2 is 1. The number of aliphatic hydroxyl groups is 1. The van der Waals surface area contributed by atoms with Gasteiger partial charge in [-0.25, -0.2) is 0 Å². The zero-order valence-corrected chi connectivity index (χ0v) is 7.81. The third-order valence-electron chi connectivity index (χ3n) is 2.34. The lowest BCUT2D eigenvalue weighted by Crippen LogP contribution is -2.39. The van der Waals surface area contributed by atoms with Crippen LogP contribution in [0.25, 0.3) is 0 Å². The SMILES string of the molecule is CCC[C@@H](N=O)[C@]1(O)C=CC=CC1. The van der Waals surface area contributed by atoms with Crippen molar-refractivity contribution in [2.24, 2.45) is 5.18 Å². The molecule has 2 atom stereocenters. The molecule has 3 nitrogen and oxygen atoms in total. The Kier molecular flexibility index (Phi) is 3.37. The van der Waals surface area contributed by atoms with Crippen molar-refractivity contribution >= 4 is 0 Å². The van der Waals surface area contributed by atoms with Crippen molar-refractivity contribution < 1.29 is 5.11 Å². The zero-order valence-electron chi connectivity index (χ0n) is 7.81. The largest absolute Gasteiger partial charge is 0.383 e. The fourth-order valence-corrected chi connectivity index (χ4v) is 1.54. The summed E-state index contributed by atoms with van der Waals surface area (Å²) in [7, 11) is 0. The first kappa shape index (κ1) is 10.1. The van der Waals surface area contributed by atoms with E-state index in [1.54, 1.807) is 12.2 Å². The molecule has 0 aromatic rings. The molecule has 72 valence electrons. The number of allylic oxidation sites excluding steroid dienone is 2. The topological polar surface area (TPSA) is 49.7 Å². The summed E-state index contributed by atoms with van der Waals surface area (Å²) in [5.41, 5.74) is -1.05. The maximum absolute atomic E-state index is 10.5. The molecule has 0 bridgehead atoms. The van der Waals surface area contributed by atoms with Gasteiger partial charge in [0, 0.05) is 6.42 Å². The van der Waals surface area contributed by atoms with Crippen LogP contribution in [-0.2, 0) is 0 Å². The maximum Gasteiger partial charge on any atom is 0.124 e. The van der Waals surface area contributed by atoms with Crippen molar-refractivity contribution in [3.8, 4) is 0 Å². The molecule has 3 heteroatoms. The summed E-state index contributed by atoms with van der Waals surface area (Å²) in [6.45, 7) is 1.98. The summed E-state index contributed by atoms with van der Waals surface area (Å²) >= 11 is 0. The molecule has 1 N–H and O–H groups in total. The van der Waals surface area contributed by atoms with Gasteiger partial charge in [0.15, 0.2) is 0 Å².